The molecule has 1 saturated heterocycles. The fraction of sp³-hybridized carbons (Fsp3) is 0.556. The second-order valence-electron chi connectivity index (χ2n) is 6.87. The molecule has 0 aliphatic carbocycles. The highest BCUT2D eigenvalue weighted by atomic mass is 32.2. The van der Waals surface area contributed by atoms with Gasteiger partial charge in [0.15, 0.2) is 16.5 Å². The first-order valence-electron chi connectivity index (χ1n) is 9.19. The first-order valence-corrected chi connectivity index (χ1v) is 11.4. The third kappa shape index (κ3) is 4.24. The predicted molar refractivity (Wildman–Crippen MR) is 105 cm³/mol. The van der Waals surface area contributed by atoms with Crippen LogP contribution in [0.15, 0.2) is 30.3 Å². The Morgan fingerprint density at radius 1 is 1.27 bits per heavy atom. The molecule has 0 bridgehead atoms. The predicted octanol–water partition coefficient (Wildman–Crippen LogP) is 1.07. The van der Waals surface area contributed by atoms with Crippen LogP contribution < -0.4 is 4.90 Å². The smallest absolute Gasteiger partial charge is 0.202 e. The number of hydrogen-bond acceptors (Lipinski definition) is 4. The van der Waals surface area contributed by atoms with E-state index in [2.05, 4.69) is 30.5 Å². The molecule has 1 N–H and O–H groups in total. The van der Waals surface area contributed by atoms with Gasteiger partial charge in [-0.3, -0.25) is 0 Å². The standard InChI is InChI=1S/C18H26N4O2S2/c1-3-20(16-10-11-26(23,24)13-16)14-22-18(25)21(4-2)17(19-22)12-15-8-6-5-7-9-15/h5-9,16H,3-4,10-14H2,1-2H3/p+1/t16-/m0/s1. The van der Waals surface area contributed by atoms with Crippen molar-refractivity contribution in [1.82, 2.24) is 14.3 Å². The Hall–Kier alpha value is -1.51. The molecule has 1 aromatic heterocycles. The SMILES string of the molecule is CCn1c(Cc2ccccc2)nn(C[NH+](CC)[C@H]2CCS(=O)(=O)C2)c1=S. The maximum Gasteiger partial charge on any atom is 0.202 e. The topological polar surface area (TPSA) is 61.3 Å². The molecule has 26 heavy (non-hydrogen) atoms. The summed E-state index contributed by atoms with van der Waals surface area (Å²) in [6.45, 7) is 6.41. The van der Waals surface area contributed by atoms with Gasteiger partial charge in [-0.25, -0.2) is 8.42 Å². The number of hydrogen-bond donors (Lipinski definition) is 1. The molecule has 1 aliphatic heterocycles. The van der Waals surface area contributed by atoms with Crippen molar-refractivity contribution < 1.29 is 13.3 Å². The Morgan fingerprint density at radius 2 is 2.00 bits per heavy atom. The Bertz CT molecular complexity index is 903. The quantitative estimate of drug-likeness (QED) is 0.713. The summed E-state index contributed by atoms with van der Waals surface area (Å²) < 4.78 is 28.3. The minimum Gasteiger partial charge on any atom is -0.313 e. The summed E-state index contributed by atoms with van der Waals surface area (Å²) in [5.41, 5.74) is 1.20. The van der Waals surface area contributed by atoms with Crippen LogP contribution in [-0.4, -0.2) is 46.9 Å². The Kier molecular flexibility index (Phi) is 5.94. The molecule has 142 valence electrons. The first-order chi connectivity index (χ1) is 12.4. The largest absolute Gasteiger partial charge is 0.313 e. The average molecular weight is 396 g/mol. The van der Waals surface area contributed by atoms with Crippen LogP contribution in [-0.2, 0) is 29.5 Å². The first kappa shape index (κ1) is 19.3. The Morgan fingerprint density at radius 3 is 2.58 bits per heavy atom. The van der Waals surface area contributed by atoms with Crippen LogP contribution >= 0.6 is 12.2 Å². The summed E-state index contributed by atoms with van der Waals surface area (Å²) in [5, 5.41) is 4.78. The van der Waals surface area contributed by atoms with E-state index in [0.29, 0.717) is 17.2 Å². The van der Waals surface area contributed by atoms with Gasteiger partial charge in [-0.1, -0.05) is 30.3 Å². The van der Waals surface area contributed by atoms with Crippen LogP contribution in [0.5, 0.6) is 0 Å². The highest BCUT2D eigenvalue weighted by Gasteiger charge is 2.35. The normalized spacial score (nSPS) is 20.3. The van der Waals surface area contributed by atoms with Crippen LogP contribution in [0, 0.1) is 4.77 Å². The van der Waals surface area contributed by atoms with Crippen LogP contribution in [0.1, 0.15) is 31.7 Å². The average Bonchev–Trinajstić information content (AvgIpc) is 3.12. The van der Waals surface area contributed by atoms with Crippen molar-refractivity contribution in [3.63, 3.8) is 0 Å². The van der Waals surface area contributed by atoms with Gasteiger partial charge in [-0.05, 0) is 31.6 Å². The molecule has 2 atom stereocenters. The van der Waals surface area contributed by atoms with Crippen LogP contribution in [0.4, 0.5) is 0 Å². The zero-order chi connectivity index (χ0) is 18.7. The molecule has 3 rings (SSSR count). The minimum atomic E-state index is -2.88. The summed E-state index contributed by atoms with van der Waals surface area (Å²) in [4.78, 5) is 1.23. The maximum absolute atomic E-state index is 11.8. The lowest BCUT2D eigenvalue weighted by Gasteiger charge is -2.23. The van der Waals surface area contributed by atoms with Gasteiger partial charge in [-0.2, -0.15) is 9.78 Å². The molecule has 2 aromatic rings. The van der Waals surface area contributed by atoms with E-state index in [4.69, 9.17) is 17.3 Å². The molecule has 0 amide bonds. The molecule has 1 fully saturated rings. The number of benzene rings is 1. The third-order valence-electron chi connectivity index (χ3n) is 5.14. The molecular formula is C18H27N4O2S2+. The summed E-state index contributed by atoms with van der Waals surface area (Å²) >= 11 is 5.65. The van der Waals surface area contributed by atoms with Gasteiger partial charge in [0.05, 0.1) is 12.3 Å². The van der Waals surface area contributed by atoms with Gasteiger partial charge in [0.1, 0.15) is 17.6 Å². The number of nitrogens with zero attached hydrogens (tertiary/aromatic N) is 3. The van der Waals surface area contributed by atoms with Crippen molar-refractivity contribution in [1.29, 1.82) is 0 Å². The Labute approximate surface area is 160 Å². The van der Waals surface area contributed by atoms with Crippen molar-refractivity contribution in [2.24, 2.45) is 0 Å². The number of rotatable bonds is 7. The van der Waals surface area contributed by atoms with Crippen LogP contribution in [0.3, 0.4) is 0 Å². The van der Waals surface area contributed by atoms with Crippen LogP contribution in [0.2, 0.25) is 0 Å². The van der Waals surface area contributed by atoms with Crippen molar-refractivity contribution in [2.75, 3.05) is 18.1 Å². The molecule has 0 radical (unpaired) electrons. The van der Waals surface area contributed by atoms with Crippen molar-refractivity contribution >= 4 is 22.1 Å². The van der Waals surface area contributed by atoms with E-state index in [0.717, 1.165) is 31.8 Å². The zero-order valence-electron chi connectivity index (χ0n) is 15.4. The monoisotopic (exact) mass is 395 g/mol. The molecule has 1 aliphatic rings. The summed E-state index contributed by atoms with van der Waals surface area (Å²) in [7, 11) is -2.88. The van der Waals surface area contributed by atoms with Gasteiger partial charge in [0.2, 0.25) is 4.77 Å². The molecule has 6 nitrogen and oxygen atoms in total. The van der Waals surface area contributed by atoms with E-state index < -0.39 is 9.84 Å². The molecule has 0 saturated carbocycles. The molecule has 2 heterocycles. The second kappa shape index (κ2) is 8.02. The lowest BCUT2D eigenvalue weighted by atomic mass is 10.1. The number of quaternary nitrogens is 1. The van der Waals surface area contributed by atoms with Gasteiger partial charge in [-0.15, -0.1) is 0 Å². The zero-order valence-corrected chi connectivity index (χ0v) is 17.0. The fourth-order valence-corrected chi connectivity index (χ4v) is 5.82. The summed E-state index contributed by atoms with van der Waals surface area (Å²) in [5.74, 6) is 1.53. The van der Waals surface area contributed by atoms with Crippen molar-refractivity contribution in [3.8, 4) is 0 Å². The fourth-order valence-electron chi connectivity index (χ4n) is 3.65. The highest BCUT2D eigenvalue weighted by molar-refractivity contribution is 7.91. The molecule has 0 spiro atoms. The van der Waals surface area contributed by atoms with Gasteiger partial charge >= 0.3 is 0 Å². The lowest BCUT2D eigenvalue weighted by Crippen LogP contribution is -3.15. The van der Waals surface area contributed by atoms with Crippen LogP contribution in [0.25, 0.3) is 0 Å². The van der Waals surface area contributed by atoms with E-state index in [1.54, 1.807) is 0 Å². The van der Waals surface area contributed by atoms with Gasteiger partial charge in [0, 0.05) is 19.4 Å². The van der Waals surface area contributed by atoms with E-state index in [9.17, 15) is 8.42 Å². The molecule has 8 heteroatoms. The van der Waals surface area contributed by atoms with Gasteiger partial charge in [0.25, 0.3) is 0 Å². The number of nitrogens with one attached hydrogen (secondary N) is 1. The summed E-state index contributed by atoms with van der Waals surface area (Å²) in [6, 6.07) is 10.4. The highest BCUT2D eigenvalue weighted by Crippen LogP contribution is 2.11. The number of sulfone groups is 1. The van der Waals surface area contributed by atoms with E-state index in [-0.39, 0.29) is 11.8 Å². The molecule has 1 unspecified atom stereocenters. The lowest BCUT2D eigenvalue weighted by molar-refractivity contribution is -0.943. The van der Waals surface area contributed by atoms with E-state index >= 15 is 0 Å². The Balaban J connectivity index is 1.82. The van der Waals surface area contributed by atoms with Crippen molar-refractivity contribution in [3.05, 3.63) is 46.5 Å². The minimum absolute atomic E-state index is 0.135. The van der Waals surface area contributed by atoms with E-state index in [1.807, 2.05) is 22.9 Å². The maximum atomic E-state index is 11.8. The molecular weight excluding hydrogens is 368 g/mol. The second-order valence-corrected chi connectivity index (χ2v) is 9.47. The molecule has 1 aromatic carbocycles. The number of aromatic nitrogens is 3. The third-order valence-corrected chi connectivity index (χ3v) is 7.34. The van der Waals surface area contributed by atoms with Crippen molar-refractivity contribution in [2.45, 2.75) is 45.9 Å². The van der Waals surface area contributed by atoms with Gasteiger partial charge < -0.3 is 9.47 Å². The summed E-state index contributed by atoms with van der Waals surface area (Å²) in [6.07, 6.45) is 1.47. The van der Waals surface area contributed by atoms with E-state index in [1.165, 1.54) is 10.5 Å².